The second-order valence-corrected chi connectivity index (χ2v) is 8.56. The van der Waals surface area contributed by atoms with Gasteiger partial charge in [0.05, 0.1) is 5.41 Å². The van der Waals surface area contributed by atoms with Gasteiger partial charge in [-0.1, -0.05) is 146 Å². The molecule has 0 unspecified atom stereocenters. The molecule has 1 aliphatic carbocycles. The zero-order valence-corrected chi connectivity index (χ0v) is 18.4. The summed E-state index contributed by atoms with van der Waals surface area (Å²) in [6.45, 7) is 0. The molecule has 0 nitrogen and oxygen atoms in total. The summed E-state index contributed by atoms with van der Waals surface area (Å²) < 4.78 is 0. The van der Waals surface area contributed by atoms with Crippen molar-refractivity contribution in [2.45, 2.75) is 5.41 Å². The van der Waals surface area contributed by atoms with Crippen molar-refractivity contribution in [2.24, 2.45) is 0 Å². The van der Waals surface area contributed by atoms with Crippen molar-refractivity contribution in [3.8, 4) is 11.1 Å². The molecule has 0 saturated heterocycles. The maximum Gasteiger partial charge on any atom is 0.0641 e. The van der Waals surface area contributed by atoms with Crippen LogP contribution in [0.3, 0.4) is 0 Å². The van der Waals surface area contributed by atoms with Gasteiger partial charge in [0.1, 0.15) is 0 Å². The first kappa shape index (κ1) is 19.5. The van der Waals surface area contributed by atoms with Gasteiger partial charge in [-0.3, -0.25) is 0 Å². The fourth-order valence-corrected chi connectivity index (χ4v) is 5.28. The quantitative estimate of drug-likeness (QED) is 0.253. The van der Waals surface area contributed by atoms with E-state index in [1.165, 1.54) is 44.5 Å². The van der Waals surface area contributed by atoms with E-state index < -0.39 is 5.41 Å². The zero-order chi connectivity index (χ0) is 22.1. The summed E-state index contributed by atoms with van der Waals surface area (Å²) in [5.41, 5.74) is 9.86. The van der Waals surface area contributed by atoms with Crippen LogP contribution in [0.2, 0.25) is 0 Å². The van der Waals surface area contributed by atoms with Crippen LogP contribution in [0.4, 0.5) is 0 Å². The maximum atomic E-state index is 2.50. The van der Waals surface area contributed by atoms with Crippen molar-refractivity contribution >= 4 is 5.57 Å². The molecule has 0 heteroatoms. The van der Waals surface area contributed by atoms with Crippen molar-refractivity contribution in [3.05, 3.63) is 173 Å². The molecule has 156 valence electrons. The van der Waals surface area contributed by atoms with Crippen molar-refractivity contribution in [2.75, 3.05) is 0 Å². The smallest absolute Gasteiger partial charge is 0.0622 e. The number of benzene rings is 5. The van der Waals surface area contributed by atoms with E-state index in [-0.39, 0.29) is 0 Å². The Morgan fingerprint density at radius 1 is 0.333 bits per heavy atom. The van der Waals surface area contributed by atoms with Gasteiger partial charge in [-0.15, -0.1) is 0 Å². The normalized spacial score (nSPS) is 12.2. The van der Waals surface area contributed by atoms with Crippen LogP contribution in [0.15, 0.2) is 146 Å². The SMILES string of the molecule is C(=C1c2ccccc2-c2ccccc21)C(c1ccccc1)(c1ccccc1)c1ccccc1. The summed E-state index contributed by atoms with van der Waals surface area (Å²) >= 11 is 0. The van der Waals surface area contributed by atoms with Gasteiger partial charge in [0.2, 0.25) is 0 Å². The van der Waals surface area contributed by atoms with Gasteiger partial charge in [-0.2, -0.15) is 0 Å². The molecule has 0 bridgehead atoms. The molecule has 0 aliphatic heterocycles. The van der Waals surface area contributed by atoms with Crippen molar-refractivity contribution < 1.29 is 0 Å². The Hall–Kier alpha value is -4.16. The topological polar surface area (TPSA) is 0 Å². The van der Waals surface area contributed by atoms with Gasteiger partial charge >= 0.3 is 0 Å². The fourth-order valence-electron chi connectivity index (χ4n) is 5.28. The molecular formula is C33H24. The predicted molar refractivity (Wildman–Crippen MR) is 138 cm³/mol. The molecule has 0 radical (unpaired) electrons. The standard InChI is InChI=1S/C33H24/c1-4-14-25(15-5-1)33(26-16-6-2-7-17-26,27-18-8-3-9-19-27)24-32-30-22-12-10-20-28(30)29-21-11-13-23-31(29)32/h1-24H. The Kier molecular flexibility index (Phi) is 4.78. The monoisotopic (exact) mass is 420 g/mol. The molecule has 0 heterocycles. The molecule has 5 aromatic carbocycles. The Morgan fingerprint density at radius 3 is 1.00 bits per heavy atom. The lowest BCUT2D eigenvalue weighted by Gasteiger charge is -2.34. The highest BCUT2D eigenvalue weighted by Gasteiger charge is 2.36. The summed E-state index contributed by atoms with van der Waals surface area (Å²) in [7, 11) is 0. The molecule has 1 aliphatic rings. The molecule has 5 aromatic rings. The van der Waals surface area contributed by atoms with E-state index >= 15 is 0 Å². The Balaban J connectivity index is 1.74. The van der Waals surface area contributed by atoms with Gasteiger partial charge in [0, 0.05) is 0 Å². The van der Waals surface area contributed by atoms with Crippen molar-refractivity contribution in [1.82, 2.24) is 0 Å². The van der Waals surface area contributed by atoms with Gasteiger partial charge in [-0.25, -0.2) is 0 Å². The lowest BCUT2D eigenvalue weighted by atomic mass is 9.68. The van der Waals surface area contributed by atoms with Crippen LogP contribution in [0.5, 0.6) is 0 Å². The van der Waals surface area contributed by atoms with E-state index in [2.05, 4.69) is 146 Å². The lowest BCUT2D eigenvalue weighted by Crippen LogP contribution is -2.27. The average Bonchev–Trinajstić information content (AvgIpc) is 3.22. The highest BCUT2D eigenvalue weighted by molar-refractivity contribution is 6.01. The third kappa shape index (κ3) is 3.15. The molecular weight excluding hydrogens is 396 g/mol. The second-order valence-electron chi connectivity index (χ2n) is 8.56. The van der Waals surface area contributed by atoms with Crippen LogP contribution in [-0.2, 0) is 5.41 Å². The maximum absolute atomic E-state index is 2.50. The van der Waals surface area contributed by atoms with E-state index in [9.17, 15) is 0 Å². The van der Waals surface area contributed by atoms with Crippen molar-refractivity contribution in [3.63, 3.8) is 0 Å². The van der Waals surface area contributed by atoms with Crippen LogP contribution in [0.1, 0.15) is 27.8 Å². The highest BCUT2D eigenvalue weighted by atomic mass is 14.4. The number of rotatable bonds is 4. The minimum atomic E-state index is -0.427. The van der Waals surface area contributed by atoms with Gasteiger partial charge in [0.15, 0.2) is 0 Å². The number of allylic oxidation sites excluding steroid dienone is 1. The minimum absolute atomic E-state index is 0.427. The van der Waals surface area contributed by atoms with E-state index in [1.54, 1.807) is 0 Å². The van der Waals surface area contributed by atoms with Crippen LogP contribution >= 0.6 is 0 Å². The van der Waals surface area contributed by atoms with Gasteiger partial charge in [-0.05, 0) is 44.5 Å². The first-order valence-corrected chi connectivity index (χ1v) is 11.5. The molecule has 0 N–H and O–H groups in total. The number of hydrogen-bond acceptors (Lipinski definition) is 0. The Bertz CT molecular complexity index is 1280. The molecule has 6 rings (SSSR count). The summed E-state index contributed by atoms with van der Waals surface area (Å²) in [6.07, 6.45) is 2.50. The van der Waals surface area contributed by atoms with Crippen LogP contribution < -0.4 is 0 Å². The summed E-state index contributed by atoms with van der Waals surface area (Å²) in [6, 6.07) is 50.2. The lowest BCUT2D eigenvalue weighted by molar-refractivity contribution is 0.780. The molecule has 0 saturated carbocycles. The van der Waals surface area contributed by atoms with Crippen LogP contribution in [0.25, 0.3) is 16.7 Å². The van der Waals surface area contributed by atoms with E-state index in [1.807, 2.05) is 0 Å². The number of fused-ring (bicyclic) bond motifs is 3. The minimum Gasteiger partial charge on any atom is -0.0622 e. The second kappa shape index (κ2) is 8.07. The van der Waals surface area contributed by atoms with Crippen LogP contribution in [-0.4, -0.2) is 0 Å². The van der Waals surface area contributed by atoms with Gasteiger partial charge < -0.3 is 0 Å². The molecule has 0 spiro atoms. The largest absolute Gasteiger partial charge is 0.0641 e. The molecule has 0 aromatic heterocycles. The van der Waals surface area contributed by atoms with E-state index in [0.29, 0.717) is 0 Å². The Labute approximate surface area is 195 Å². The molecule has 0 amide bonds. The fraction of sp³-hybridized carbons (Fsp3) is 0.0303. The third-order valence-electron chi connectivity index (χ3n) is 6.77. The summed E-state index contributed by atoms with van der Waals surface area (Å²) in [4.78, 5) is 0. The number of hydrogen-bond donors (Lipinski definition) is 0. The van der Waals surface area contributed by atoms with Crippen LogP contribution in [0, 0.1) is 0 Å². The van der Waals surface area contributed by atoms with Gasteiger partial charge in [0.25, 0.3) is 0 Å². The average molecular weight is 421 g/mol. The highest BCUT2D eigenvalue weighted by Crippen LogP contribution is 2.49. The van der Waals surface area contributed by atoms with E-state index in [4.69, 9.17) is 0 Å². The Morgan fingerprint density at radius 2 is 0.636 bits per heavy atom. The summed E-state index contributed by atoms with van der Waals surface area (Å²) in [5.74, 6) is 0. The first-order chi connectivity index (χ1) is 16.4. The van der Waals surface area contributed by atoms with Crippen molar-refractivity contribution in [1.29, 1.82) is 0 Å². The van der Waals surface area contributed by atoms with E-state index in [0.717, 1.165) is 0 Å². The molecule has 0 atom stereocenters. The zero-order valence-electron chi connectivity index (χ0n) is 18.4. The third-order valence-corrected chi connectivity index (χ3v) is 6.77. The summed E-state index contributed by atoms with van der Waals surface area (Å²) in [5, 5.41) is 0. The predicted octanol–water partition coefficient (Wildman–Crippen LogP) is 8.13. The molecule has 0 fully saturated rings. The first-order valence-electron chi connectivity index (χ1n) is 11.5. The molecule has 33 heavy (non-hydrogen) atoms.